The molecule has 2 saturated heterocycles. The van der Waals surface area contributed by atoms with E-state index in [0.717, 1.165) is 42.8 Å². The monoisotopic (exact) mass is 454 g/mol. The lowest BCUT2D eigenvalue weighted by Gasteiger charge is -2.42. The first kappa shape index (κ1) is 22.2. The number of rotatable bonds is 4. The summed E-state index contributed by atoms with van der Waals surface area (Å²) in [6.45, 7) is 15.0. The quantitative estimate of drug-likeness (QED) is 0.509. The molecule has 32 heavy (non-hydrogen) atoms. The van der Waals surface area contributed by atoms with Gasteiger partial charge in [-0.25, -0.2) is 4.79 Å². The number of hydrogen-bond acceptors (Lipinski definition) is 5. The van der Waals surface area contributed by atoms with Crippen LogP contribution in [0.4, 0.5) is 5.69 Å². The van der Waals surface area contributed by atoms with Crippen molar-refractivity contribution in [2.75, 3.05) is 19.0 Å². The van der Waals surface area contributed by atoms with Gasteiger partial charge in [0.25, 0.3) is 0 Å². The number of anilines is 1. The number of methoxy groups -OCH3 is 1. The Hall–Kier alpha value is -1.63. The van der Waals surface area contributed by atoms with Crippen molar-refractivity contribution in [3.63, 3.8) is 0 Å². The first-order chi connectivity index (χ1) is 15.0. The van der Waals surface area contributed by atoms with Gasteiger partial charge in [-0.15, -0.1) is 0 Å². The molecule has 1 aromatic rings. The van der Waals surface area contributed by atoms with Gasteiger partial charge in [0.05, 0.1) is 24.2 Å². The van der Waals surface area contributed by atoms with Crippen LogP contribution in [0.1, 0.15) is 52.5 Å². The maximum atomic E-state index is 12.9. The number of ether oxygens (including phenoxy) is 1. The fourth-order valence-electron chi connectivity index (χ4n) is 6.82. The molecule has 0 bridgehead atoms. The summed E-state index contributed by atoms with van der Waals surface area (Å²) in [6, 6.07) is 9.44. The first-order valence-corrected chi connectivity index (χ1v) is 15.0. The largest absolute Gasteiger partial charge is 0.466 e. The predicted molar refractivity (Wildman–Crippen MR) is 130 cm³/mol. The summed E-state index contributed by atoms with van der Waals surface area (Å²) in [5.74, 6) is 0.268. The van der Waals surface area contributed by atoms with Crippen LogP contribution in [0.3, 0.4) is 0 Å². The minimum Gasteiger partial charge on any atom is -0.466 e. The Morgan fingerprint density at radius 2 is 2.00 bits per heavy atom. The van der Waals surface area contributed by atoms with E-state index in [1.54, 1.807) is 0 Å². The van der Waals surface area contributed by atoms with Crippen LogP contribution < -0.4 is 5.32 Å². The summed E-state index contributed by atoms with van der Waals surface area (Å²) in [7, 11) is -0.355. The van der Waals surface area contributed by atoms with Crippen LogP contribution in [0.5, 0.6) is 0 Å². The second-order valence-corrected chi connectivity index (χ2v) is 16.5. The van der Waals surface area contributed by atoms with Crippen molar-refractivity contribution in [2.24, 2.45) is 5.92 Å². The van der Waals surface area contributed by atoms with Crippen LogP contribution in [0.25, 0.3) is 0 Å². The molecule has 0 saturated carbocycles. The smallest absolute Gasteiger partial charge is 0.335 e. The highest BCUT2D eigenvalue weighted by atomic mass is 28.4. The number of hydrogen-bond donors (Lipinski definition) is 1. The average Bonchev–Trinajstić information content (AvgIpc) is 3.39. The first-order valence-electron chi connectivity index (χ1n) is 12.1. The van der Waals surface area contributed by atoms with Gasteiger partial charge in [-0.3, -0.25) is 4.90 Å². The van der Waals surface area contributed by atoms with Crippen molar-refractivity contribution >= 4 is 20.0 Å². The van der Waals surface area contributed by atoms with E-state index in [2.05, 4.69) is 75.3 Å². The molecule has 1 N–H and O–H groups in total. The van der Waals surface area contributed by atoms with Gasteiger partial charge in [-0.05, 0) is 61.9 Å². The summed E-state index contributed by atoms with van der Waals surface area (Å²) in [5, 5.41) is 3.86. The van der Waals surface area contributed by atoms with E-state index in [9.17, 15) is 4.79 Å². The normalized spacial score (nSPS) is 32.3. The minimum absolute atomic E-state index is 0.130. The average molecular weight is 455 g/mol. The molecule has 0 radical (unpaired) electrons. The number of nitrogens with zero attached hydrogens (tertiary/aromatic N) is 1. The van der Waals surface area contributed by atoms with Gasteiger partial charge in [-0.1, -0.05) is 39.0 Å². The molecular formula is C26H38N2O3Si. The van der Waals surface area contributed by atoms with Gasteiger partial charge in [0.15, 0.2) is 8.32 Å². The van der Waals surface area contributed by atoms with Crippen molar-refractivity contribution in [3.8, 4) is 0 Å². The molecule has 0 amide bonds. The summed E-state index contributed by atoms with van der Waals surface area (Å²) in [6.07, 6.45) is 3.09. The molecule has 5 nitrogen and oxygen atoms in total. The maximum Gasteiger partial charge on any atom is 0.335 e. The number of carbonyl (C=O) groups is 1. The number of esters is 1. The molecule has 5 rings (SSSR count). The van der Waals surface area contributed by atoms with Gasteiger partial charge in [0.2, 0.25) is 0 Å². The second kappa shape index (κ2) is 7.18. The van der Waals surface area contributed by atoms with E-state index >= 15 is 0 Å². The molecule has 1 unspecified atom stereocenters. The molecule has 5 atom stereocenters. The summed E-state index contributed by atoms with van der Waals surface area (Å²) >= 11 is 0. The molecular weight excluding hydrogens is 416 g/mol. The van der Waals surface area contributed by atoms with E-state index < -0.39 is 8.32 Å². The van der Waals surface area contributed by atoms with Crippen LogP contribution in [0.2, 0.25) is 18.1 Å². The number of para-hydroxylation sites is 1. The fraction of sp³-hybridized carbons (Fsp3) is 0.654. The van der Waals surface area contributed by atoms with Crippen molar-refractivity contribution in [2.45, 2.75) is 88.7 Å². The Labute approximate surface area is 193 Å². The van der Waals surface area contributed by atoms with Crippen molar-refractivity contribution < 1.29 is 14.0 Å². The second-order valence-electron chi connectivity index (χ2n) is 11.8. The lowest BCUT2D eigenvalue weighted by molar-refractivity contribution is -0.136. The van der Waals surface area contributed by atoms with Gasteiger partial charge in [-0.2, -0.15) is 0 Å². The number of nitrogens with one attached hydrogen (secondary N) is 1. The number of benzene rings is 1. The molecule has 6 heteroatoms. The highest BCUT2D eigenvalue weighted by Gasteiger charge is 2.65. The third-order valence-electron chi connectivity index (χ3n) is 9.19. The fourth-order valence-corrected chi connectivity index (χ4v) is 8.26. The van der Waals surface area contributed by atoms with Crippen molar-refractivity contribution in [1.82, 2.24) is 4.90 Å². The highest BCUT2D eigenvalue weighted by molar-refractivity contribution is 6.74. The standard InChI is InChI=1S/C26H38N2O3Si/c1-16(31-32(6,7)25(2,3)4)21-15-17-14-18(24(29)30-5)22-26(12-13-28(21)23(17)26)19-10-8-9-11-20(19)27-22/h8-11,16-17,21,23,27H,12-15H2,1-7H3/t16?,17-,21-,23+,26+/m1/s1. The zero-order valence-corrected chi connectivity index (χ0v) is 21.6. The molecule has 1 aliphatic carbocycles. The van der Waals surface area contributed by atoms with Crippen LogP contribution in [-0.4, -0.2) is 51.0 Å². The summed E-state index contributed by atoms with van der Waals surface area (Å²) in [4.78, 5) is 15.6. The molecule has 174 valence electrons. The van der Waals surface area contributed by atoms with Crippen LogP contribution >= 0.6 is 0 Å². The van der Waals surface area contributed by atoms with Crippen molar-refractivity contribution in [1.29, 1.82) is 0 Å². The third kappa shape index (κ3) is 2.92. The van der Waals surface area contributed by atoms with Crippen LogP contribution in [0, 0.1) is 5.92 Å². The van der Waals surface area contributed by atoms with Crippen LogP contribution in [-0.2, 0) is 19.4 Å². The molecule has 3 heterocycles. The Morgan fingerprint density at radius 1 is 1.28 bits per heavy atom. The van der Waals surface area contributed by atoms with Crippen LogP contribution in [0.15, 0.2) is 35.5 Å². The summed E-state index contributed by atoms with van der Waals surface area (Å²) in [5.41, 5.74) is 4.33. The highest BCUT2D eigenvalue weighted by Crippen LogP contribution is 2.62. The van der Waals surface area contributed by atoms with Gasteiger partial charge in [0, 0.05) is 30.0 Å². The SMILES string of the molecule is COC(=O)C1=C2Nc3ccccc3[C@@]23CCN2[C@@H](C(C)O[Si](C)(C)C(C)(C)C)C[C@@H](C1)[C@H]23. The molecule has 4 aliphatic rings. The Balaban J connectivity index is 1.54. The maximum absolute atomic E-state index is 12.9. The van der Waals surface area contributed by atoms with E-state index in [4.69, 9.17) is 9.16 Å². The topological polar surface area (TPSA) is 50.8 Å². The number of fused-ring (bicyclic) bond motifs is 1. The molecule has 1 spiro atoms. The van der Waals surface area contributed by atoms with E-state index in [1.807, 2.05) is 0 Å². The summed E-state index contributed by atoms with van der Waals surface area (Å²) < 4.78 is 12.1. The van der Waals surface area contributed by atoms with E-state index in [0.29, 0.717) is 18.0 Å². The molecule has 2 fully saturated rings. The molecule has 0 aromatic heterocycles. The zero-order chi connectivity index (χ0) is 23.1. The Morgan fingerprint density at radius 3 is 2.69 bits per heavy atom. The predicted octanol–water partition coefficient (Wildman–Crippen LogP) is 5.05. The van der Waals surface area contributed by atoms with E-state index in [-0.39, 0.29) is 22.5 Å². The molecule has 3 aliphatic heterocycles. The Kier molecular flexibility index (Phi) is 4.98. The zero-order valence-electron chi connectivity index (χ0n) is 20.6. The van der Waals surface area contributed by atoms with Gasteiger partial charge < -0.3 is 14.5 Å². The van der Waals surface area contributed by atoms with E-state index in [1.165, 1.54) is 12.7 Å². The number of carbonyl (C=O) groups excluding carboxylic acids is 1. The lowest BCUT2D eigenvalue weighted by Crippen LogP contribution is -2.51. The lowest BCUT2D eigenvalue weighted by atomic mass is 9.63. The minimum atomic E-state index is -1.86. The Bertz CT molecular complexity index is 982. The van der Waals surface area contributed by atoms with Gasteiger partial charge >= 0.3 is 5.97 Å². The van der Waals surface area contributed by atoms with Crippen molar-refractivity contribution in [3.05, 3.63) is 41.1 Å². The molecule has 1 aromatic carbocycles. The third-order valence-corrected chi connectivity index (χ3v) is 13.8. The van der Waals surface area contributed by atoms with Gasteiger partial charge in [0.1, 0.15) is 0 Å².